The average molecular weight is 398 g/mol. The van der Waals surface area contributed by atoms with Crippen molar-refractivity contribution in [2.24, 2.45) is 0 Å². The minimum absolute atomic E-state index is 0.0695. The van der Waals surface area contributed by atoms with Crippen molar-refractivity contribution in [1.29, 1.82) is 0 Å². The van der Waals surface area contributed by atoms with Crippen LogP contribution in [-0.2, 0) is 4.79 Å². The summed E-state index contributed by atoms with van der Waals surface area (Å²) in [7, 11) is 0. The molecule has 0 spiro atoms. The molecule has 4 heterocycles. The number of hydrogen-bond acceptors (Lipinski definition) is 8. The maximum atomic E-state index is 12.3. The highest BCUT2D eigenvalue weighted by molar-refractivity contribution is 7.13. The fraction of sp³-hybridized carbons (Fsp3) is 0.316. The molecule has 1 saturated heterocycles. The van der Waals surface area contributed by atoms with Crippen molar-refractivity contribution in [3.05, 3.63) is 41.6 Å². The predicted molar refractivity (Wildman–Crippen MR) is 103 cm³/mol. The molecule has 0 aliphatic carbocycles. The van der Waals surface area contributed by atoms with E-state index in [4.69, 9.17) is 14.0 Å². The van der Waals surface area contributed by atoms with Gasteiger partial charge >= 0.3 is 0 Å². The summed E-state index contributed by atoms with van der Waals surface area (Å²) in [5, 5.41) is 8.93. The topological polar surface area (TPSA) is 89.7 Å². The number of carbonyl (C=O) groups is 1. The molecule has 28 heavy (non-hydrogen) atoms. The minimum Gasteiger partial charge on any atom is -0.486 e. The second kappa shape index (κ2) is 7.25. The summed E-state index contributed by atoms with van der Waals surface area (Å²) < 4.78 is 16.4. The van der Waals surface area contributed by atoms with Gasteiger partial charge in [0.05, 0.1) is 17.3 Å². The van der Waals surface area contributed by atoms with E-state index in [0.717, 1.165) is 18.0 Å². The Kier molecular flexibility index (Phi) is 4.46. The van der Waals surface area contributed by atoms with Crippen LogP contribution >= 0.6 is 11.3 Å². The van der Waals surface area contributed by atoms with Gasteiger partial charge in [-0.15, -0.1) is 11.3 Å². The Balaban J connectivity index is 1.13. The van der Waals surface area contributed by atoms with Crippen molar-refractivity contribution in [2.45, 2.75) is 5.92 Å². The van der Waals surface area contributed by atoms with E-state index in [1.807, 2.05) is 34.5 Å². The Morgan fingerprint density at radius 3 is 2.89 bits per heavy atom. The lowest BCUT2D eigenvalue weighted by molar-refractivity contribution is -0.118. The van der Waals surface area contributed by atoms with Crippen LogP contribution in [0.2, 0.25) is 0 Å². The van der Waals surface area contributed by atoms with Crippen LogP contribution in [0, 0.1) is 0 Å². The minimum atomic E-state index is -0.0695. The zero-order chi connectivity index (χ0) is 18.9. The lowest BCUT2D eigenvalue weighted by Crippen LogP contribution is -2.48. The highest BCUT2D eigenvalue weighted by Crippen LogP contribution is 2.33. The molecule has 2 aromatic heterocycles. The maximum Gasteiger partial charge on any atom is 0.238 e. The SMILES string of the molecule is O=C(CN1CC(c2nc(-c3cccs3)no2)C1)Nc1ccc2c(c1)OCCO2. The molecule has 2 aliphatic heterocycles. The molecule has 1 fully saturated rings. The van der Waals surface area contributed by atoms with Crippen LogP contribution in [0.5, 0.6) is 11.5 Å². The normalized spacial score (nSPS) is 16.6. The summed E-state index contributed by atoms with van der Waals surface area (Å²) >= 11 is 1.58. The van der Waals surface area contributed by atoms with Gasteiger partial charge in [0.25, 0.3) is 0 Å². The van der Waals surface area contributed by atoms with E-state index in [1.165, 1.54) is 0 Å². The smallest absolute Gasteiger partial charge is 0.238 e. The Bertz CT molecular complexity index is 982. The van der Waals surface area contributed by atoms with Crippen LogP contribution < -0.4 is 14.8 Å². The van der Waals surface area contributed by atoms with Crippen molar-refractivity contribution in [2.75, 3.05) is 38.2 Å². The number of rotatable bonds is 5. The molecule has 3 aromatic rings. The van der Waals surface area contributed by atoms with E-state index in [9.17, 15) is 4.79 Å². The lowest BCUT2D eigenvalue weighted by atomic mass is 10.0. The molecule has 0 unspecified atom stereocenters. The highest BCUT2D eigenvalue weighted by Gasteiger charge is 2.33. The third-order valence-electron chi connectivity index (χ3n) is 4.68. The van der Waals surface area contributed by atoms with Crippen LogP contribution in [0.25, 0.3) is 10.7 Å². The number of benzene rings is 1. The molecular weight excluding hydrogens is 380 g/mol. The molecule has 144 valence electrons. The molecule has 1 N–H and O–H groups in total. The summed E-state index contributed by atoms with van der Waals surface area (Å²) in [5.74, 6) is 2.72. The number of likely N-dealkylation sites (tertiary alicyclic amines) is 1. The zero-order valence-corrected chi connectivity index (χ0v) is 15.8. The summed E-state index contributed by atoms with van der Waals surface area (Å²) in [6.07, 6.45) is 0. The largest absolute Gasteiger partial charge is 0.486 e. The van der Waals surface area contributed by atoms with E-state index in [-0.39, 0.29) is 11.8 Å². The molecule has 2 aliphatic rings. The fourth-order valence-corrected chi connectivity index (χ4v) is 3.94. The summed E-state index contributed by atoms with van der Waals surface area (Å²) in [6.45, 7) is 2.82. The van der Waals surface area contributed by atoms with E-state index >= 15 is 0 Å². The summed E-state index contributed by atoms with van der Waals surface area (Å²) in [6, 6.07) is 9.34. The highest BCUT2D eigenvalue weighted by atomic mass is 32.1. The molecule has 0 bridgehead atoms. The van der Waals surface area contributed by atoms with Gasteiger partial charge < -0.3 is 19.3 Å². The van der Waals surface area contributed by atoms with E-state index in [0.29, 0.717) is 48.7 Å². The number of thiophene rings is 1. The third kappa shape index (κ3) is 3.46. The van der Waals surface area contributed by atoms with Crippen LogP contribution in [0.1, 0.15) is 11.8 Å². The first-order chi connectivity index (χ1) is 13.7. The number of nitrogens with one attached hydrogen (secondary N) is 1. The second-order valence-electron chi connectivity index (χ2n) is 6.73. The summed E-state index contributed by atoms with van der Waals surface area (Å²) in [4.78, 5) is 19.8. The fourth-order valence-electron chi connectivity index (χ4n) is 3.29. The Labute approximate surface area is 165 Å². The van der Waals surface area contributed by atoms with Crippen molar-refractivity contribution in [3.8, 4) is 22.2 Å². The van der Waals surface area contributed by atoms with Gasteiger partial charge in [-0.2, -0.15) is 4.98 Å². The first kappa shape index (κ1) is 17.2. The number of hydrogen-bond donors (Lipinski definition) is 1. The van der Waals surface area contributed by atoms with Crippen molar-refractivity contribution < 1.29 is 18.8 Å². The lowest BCUT2D eigenvalue weighted by Gasteiger charge is -2.36. The molecule has 1 amide bonds. The van der Waals surface area contributed by atoms with Gasteiger partial charge in [0, 0.05) is 24.8 Å². The molecule has 1 aromatic carbocycles. The standard InChI is InChI=1S/C19H18N4O4S/c24-17(20-13-3-4-14-15(8-13)26-6-5-25-14)11-23-9-12(10-23)19-21-18(22-27-19)16-2-1-7-28-16/h1-4,7-8,12H,5-6,9-11H2,(H,20,24). The molecule has 9 heteroatoms. The zero-order valence-electron chi connectivity index (χ0n) is 15.0. The quantitative estimate of drug-likeness (QED) is 0.706. The number of fused-ring (bicyclic) bond motifs is 1. The average Bonchev–Trinajstić information content (AvgIpc) is 3.36. The van der Waals surface area contributed by atoms with Crippen molar-refractivity contribution >= 4 is 22.9 Å². The van der Waals surface area contributed by atoms with E-state index < -0.39 is 0 Å². The van der Waals surface area contributed by atoms with Gasteiger partial charge in [-0.05, 0) is 23.6 Å². The number of anilines is 1. The predicted octanol–water partition coefficient (Wildman–Crippen LogP) is 2.61. The first-order valence-corrected chi connectivity index (χ1v) is 9.92. The van der Waals surface area contributed by atoms with Crippen molar-refractivity contribution in [3.63, 3.8) is 0 Å². The number of ether oxygens (including phenoxy) is 2. The van der Waals surface area contributed by atoms with E-state index in [2.05, 4.69) is 15.5 Å². The first-order valence-electron chi connectivity index (χ1n) is 9.04. The molecule has 0 atom stereocenters. The monoisotopic (exact) mass is 398 g/mol. The van der Waals surface area contributed by atoms with Gasteiger partial charge in [-0.1, -0.05) is 11.2 Å². The van der Waals surface area contributed by atoms with Gasteiger partial charge in [0.1, 0.15) is 13.2 Å². The number of amides is 1. The van der Waals surface area contributed by atoms with Gasteiger partial charge in [0.15, 0.2) is 11.5 Å². The Morgan fingerprint density at radius 1 is 1.21 bits per heavy atom. The molecule has 5 rings (SSSR count). The summed E-state index contributed by atoms with van der Waals surface area (Å²) in [5.41, 5.74) is 0.698. The van der Waals surface area contributed by atoms with Crippen LogP contribution in [0.15, 0.2) is 40.2 Å². The van der Waals surface area contributed by atoms with Crippen molar-refractivity contribution in [1.82, 2.24) is 15.0 Å². The van der Waals surface area contributed by atoms with Gasteiger partial charge in [-0.3, -0.25) is 9.69 Å². The molecule has 8 nitrogen and oxygen atoms in total. The van der Waals surface area contributed by atoms with Gasteiger partial charge in [0.2, 0.25) is 17.6 Å². The van der Waals surface area contributed by atoms with Crippen LogP contribution in [0.3, 0.4) is 0 Å². The molecule has 0 saturated carbocycles. The second-order valence-corrected chi connectivity index (χ2v) is 7.68. The van der Waals surface area contributed by atoms with Crippen LogP contribution in [-0.4, -0.2) is 53.8 Å². The maximum absolute atomic E-state index is 12.3. The molecule has 0 radical (unpaired) electrons. The number of aromatic nitrogens is 2. The van der Waals surface area contributed by atoms with Gasteiger partial charge in [-0.25, -0.2) is 0 Å². The third-order valence-corrected chi connectivity index (χ3v) is 5.55. The van der Waals surface area contributed by atoms with E-state index in [1.54, 1.807) is 17.4 Å². The Morgan fingerprint density at radius 2 is 2.07 bits per heavy atom. The number of carbonyl (C=O) groups excluding carboxylic acids is 1. The van der Waals surface area contributed by atoms with Crippen LogP contribution in [0.4, 0.5) is 5.69 Å². The number of nitrogens with zero attached hydrogens (tertiary/aromatic N) is 3. The Hall–Kier alpha value is -2.91. The molecular formula is C19H18N4O4S.